The van der Waals surface area contributed by atoms with Gasteiger partial charge in [0.15, 0.2) is 0 Å². The Morgan fingerprint density at radius 1 is 1.19 bits per heavy atom. The minimum Gasteiger partial charge on any atom is -0.317 e. The van der Waals surface area contributed by atoms with Crippen molar-refractivity contribution in [3.63, 3.8) is 0 Å². The third-order valence-corrected chi connectivity index (χ3v) is 3.44. The van der Waals surface area contributed by atoms with Crippen LogP contribution < -0.4 is 5.32 Å². The Labute approximate surface area is 98.5 Å². The third kappa shape index (κ3) is 2.62. The molecular weight excluding hydrogens is 196 g/mol. The quantitative estimate of drug-likeness (QED) is 0.784. The molecule has 1 N–H and O–H groups in total. The highest BCUT2D eigenvalue weighted by molar-refractivity contribution is 5.27. The fraction of sp³-hybridized carbons (Fsp3) is 0.643. The van der Waals surface area contributed by atoms with Crippen LogP contribution >= 0.6 is 0 Å². The van der Waals surface area contributed by atoms with E-state index in [1.54, 1.807) is 0 Å². The predicted octanol–water partition coefficient (Wildman–Crippen LogP) is 2.85. The first-order valence-corrected chi connectivity index (χ1v) is 6.23. The van der Waals surface area contributed by atoms with E-state index >= 15 is 0 Å². The van der Waals surface area contributed by atoms with Crippen molar-refractivity contribution in [1.82, 2.24) is 10.3 Å². The van der Waals surface area contributed by atoms with Crippen molar-refractivity contribution in [2.24, 2.45) is 0 Å². The third-order valence-electron chi connectivity index (χ3n) is 3.44. The first-order valence-electron chi connectivity index (χ1n) is 6.23. The normalized spacial score (nSPS) is 18.7. The summed E-state index contributed by atoms with van der Waals surface area (Å²) in [4.78, 5) is 4.41. The van der Waals surface area contributed by atoms with Crippen molar-refractivity contribution in [3.8, 4) is 0 Å². The first kappa shape index (κ1) is 11.6. The molecule has 1 aromatic rings. The Morgan fingerprint density at radius 2 is 1.88 bits per heavy atom. The van der Waals surface area contributed by atoms with E-state index in [9.17, 15) is 0 Å². The van der Waals surface area contributed by atoms with Gasteiger partial charge in [-0.25, -0.2) is 0 Å². The number of rotatable bonds is 1. The van der Waals surface area contributed by atoms with E-state index in [1.807, 2.05) is 12.4 Å². The Morgan fingerprint density at radius 3 is 2.50 bits per heavy atom. The predicted molar refractivity (Wildman–Crippen MR) is 67.8 cm³/mol. The van der Waals surface area contributed by atoms with Crippen LogP contribution in [0, 0.1) is 0 Å². The SMILES string of the molecule is CC(C)(C)c1cncc(C2CCNCC2)c1. The zero-order chi connectivity index (χ0) is 11.6. The van der Waals surface area contributed by atoms with Crippen LogP contribution in [0.25, 0.3) is 0 Å². The average molecular weight is 218 g/mol. The number of nitrogens with zero attached hydrogens (tertiary/aromatic N) is 1. The molecule has 0 amide bonds. The van der Waals surface area contributed by atoms with Gasteiger partial charge in [0.25, 0.3) is 0 Å². The van der Waals surface area contributed by atoms with Crippen molar-refractivity contribution in [3.05, 3.63) is 29.6 Å². The molecular formula is C14H22N2. The van der Waals surface area contributed by atoms with Gasteiger partial charge in [-0.05, 0) is 48.4 Å². The van der Waals surface area contributed by atoms with Gasteiger partial charge in [0, 0.05) is 12.4 Å². The van der Waals surface area contributed by atoms with Gasteiger partial charge in [-0.2, -0.15) is 0 Å². The molecule has 0 bridgehead atoms. The van der Waals surface area contributed by atoms with Crippen LogP contribution in [0.1, 0.15) is 50.7 Å². The summed E-state index contributed by atoms with van der Waals surface area (Å²) in [7, 11) is 0. The maximum absolute atomic E-state index is 4.41. The van der Waals surface area contributed by atoms with Gasteiger partial charge in [-0.15, -0.1) is 0 Å². The van der Waals surface area contributed by atoms with Gasteiger partial charge in [-0.1, -0.05) is 26.8 Å². The lowest BCUT2D eigenvalue weighted by Gasteiger charge is -2.25. The van der Waals surface area contributed by atoms with Crippen molar-refractivity contribution in [2.75, 3.05) is 13.1 Å². The second kappa shape index (κ2) is 4.54. The van der Waals surface area contributed by atoms with E-state index in [0.717, 1.165) is 13.1 Å². The van der Waals surface area contributed by atoms with E-state index in [2.05, 4.69) is 37.1 Å². The molecule has 1 aromatic heterocycles. The van der Waals surface area contributed by atoms with Gasteiger partial charge in [0.05, 0.1) is 0 Å². The molecule has 0 aliphatic carbocycles. The van der Waals surface area contributed by atoms with Crippen molar-refractivity contribution < 1.29 is 0 Å². The molecule has 2 heterocycles. The lowest BCUT2D eigenvalue weighted by atomic mass is 9.84. The molecule has 2 heteroatoms. The summed E-state index contributed by atoms with van der Waals surface area (Å²) >= 11 is 0. The van der Waals surface area contributed by atoms with E-state index in [1.165, 1.54) is 24.0 Å². The number of nitrogens with one attached hydrogen (secondary N) is 1. The average Bonchev–Trinajstić information content (AvgIpc) is 2.29. The number of piperidine rings is 1. The molecule has 16 heavy (non-hydrogen) atoms. The molecule has 0 aromatic carbocycles. The molecule has 1 aliphatic heterocycles. The van der Waals surface area contributed by atoms with Gasteiger partial charge < -0.3 is 5.32 Å². The Bertz CT molecular complexity index is 346. The second-order valence-corrected chi connectivity index (χ2v) is 5.78. The molecule has 2 nitrogen and oxygen atoms in total. The van der Waals surface area contributed by atoms with Crippen LogP contribution in [0.4, 0.5) is 0 Å². The molecule has 0 atom stereocenters. The molecule has 0 saturated carbocycles. The minimum absolute atomic E-state index is 0.204. The van der Waals surface area contributed by atoms with Gasteiger partial charge in [-0.3, -0.25) is 4.98 Å². The topological polar surface area (TPSA) is 24.9 Å². The smallest absolute Gasteiger partial charge is 0.0305 e. The van der Waals surface area contributed by atoms with E-state index in [4.69, 9.17) is 0 Å². The van der Waals surface area contributed by atoms with E-state index < -0.39 is 0 Å². The molecule has 0 spiro atoms. The largest absolute Gasteiger partial charge is 0.317 e. The fourth-order valence-corrected chi connectivity index (χ4v) is 2.25. The van der Waals surface area contributed by atoms with Crippen molar-refractivity contribution in [1.29, 1.82) is 0 Å². The van der Waals surface area contributed by atoms with Gasteiger partial charge >= 0.3 is 0 Å². The number of aromatic nitrogens is 1. The monoisotopic (exact) mass is 218 g/mol. The van der Waals surface area contributed by atoms with Gasteiger partial charge in [0.1, 0.15) is 0 Å². The summed E-state index contributed by atoms with van der Waals surface area (Å²) in [6.07, 6.45) is 6.54. The lowest BCUT2D eigenvalue weighted by molar-refractivity contribution is 0.458. The van der Waals surface area contributed by atoms with Gasteiger partial charge in [0.2, 0.25) is 0 Å². The number of hydrogen-bond acceptors (Lipinski definition) is 2. The summed E-state index contributed by atoms with van der Waals surface area (Å²) in [5, 5.41) is 3.41. The molecule has 0 unspecified atom stereocenters. The maximum atomic E-state index is 4.41. The van der Waals surface area contributed by atoms with Crippen LogP contribution in [0.15, 0.2) is 18.5 Å². The van der Waals surface area contributed by atoms with Crippen LogP contribution in [-0.2, 0) is 5.41 Å². The standard InChI is InChI=1S/C14H22N2/c1-14(2,3)13-8-12(9-16-10-13)11-4-6-15-7-5-11/h8-11,15H,4-7H2,1-3H3. The molecule has 1 aliphatic rings. The fourth-order valence-electron chi connectivity index (χ4n) is 2.25. The number of hydrogen-bond donors (Lipinski definition) is 1. The highest BCUT2D eigenvalue weighted by Gasteiger charge is 2.19. The lowest BCUT2D eigenvalue weighted by Crippen LogP contribution is -2.27. The minimum atomic E-state index is 0.204. The van der Waals surface area contributed by atoms with E-state index in [0.29, 0.717) is 5.92 Å². The second-order valence-electron chi connectivity index (χ2n) is 5.78. The van der Waals surface area contributed by atoms with Crippen LogP contribution in [0.5, 0.6) is 0 Å². The zero-order valence-electron chi connectivity index (χ0n) is 10.6. The Balaban J connectivity index is 2.21. The van der Waals surface area contributed by atoms with E-state index in [-0.39, 0.29) is 5.41 Å². The van der Waals surface area contributed by atoms with Crippen LogP contribution in [-0.4, -0.2) is 18.1 Å². The zero-order valence-corrected chi connectivity index (χ0v) is 10.6. The molecule has 2 rings (SSSR count). The van der Waals surface area contributed by atoms with Crippen molar-refractivity contribution in [2.45, 2.75) is 44.9 Å². The highest BCUT2D eigenvalue weighted by atomic mass is 14.9. The van der Waals surface area contributed by atoms with Crippen LogP contribution in [0.3, 0.4) is 0 Å². The summed E-state index contributed by atoms with van der Waals surface area (Å²) in [6.45, 7) is 9.03. The maximum Gasteiger partial charge on any atom is 0.0305 e. The van der Waals surface area contributed by atoms with Crippen LogP contribution in [0.2, 0.25) is 0 Å². The number of pyridine rings is 1. The highest BCUT2D eigenvalue weighted by Crippen LogP contribution is 2.28. The molecule has 88 valence electrons. The summed E-state index contributed by atoms with van der Waals surface area (Å²) in [6, 6.07) is 2.35. The Hall–Kier alpha value is -0.890. The summed E-state index contributed by atoms with van der Waals surface area (Å²) < 4.78 is 0. The molecule has 1 fully saturated rings. The Kier molecular flexibility index (Phi) is 3.29. The molecule has 1 saturated heterocycles. The summed E-state index contributed by atoms with van der Waals surface area (Å²) in [5.74, 6) is 0.705. The summed E-state index contributed by atoms with van der Waals surface area (Å²) in [5.41, 5.74) is 2.98. The first-order chi connectivity index (χ1) is 7.57. The van der Waals surface area contributed by atoms with Crippen molar-refractivity contribution >= 4 is 0 Å². The molecule has 0 radical (unpaired) electrons.